The van der Waals surface area contributed by atoms with Gasteiger partial charge in [0.1, 0.15) is 0 Å². The van der Waals surface area contributed by atoms with E-state index in [9.17, 15) is 0 Å². The van der Waals surface area contributed by atoms with Gasteiger partial charge in [0.05, 0.1) is 17.4 Å². The van der Waals surface area contributed by atoms with Gasteiger partial charge in [-0.3, -0.25) is 0 Å². The summed E-state index contributed by atoms with van der Waals surface area (Å²) in [6.07, 6.45) is 1.87. The Morgan fingerprint density at radius 1 is 1.12 bits per heavy atom. The third-order valence-electron chi connectivity index (χ3n) is 2.98. The molecule has 0 aliphatic heterocycles. The van der Waals surface area contributed by atoms with Crippen molar-refractivity contribution in [1.82, 2.24) is 9.78 Å². The Labute approximate surface area is 99.5 Å². The highest BCUT2D eigenvalue weighted by Gasteiger charge is 2.04. The van der Waals surface area contributed by atoms with Crippen LogP contribution in [-0.2, 0) is 0 Å². The van der Waals surface area contributed by atoms with E-state index in [1.54, 1.807) is 0 Å². The summed E-state index contributed by atoms with van der Waals surface area (Å²) in [6.45, 7) is 2.00. The predicted molar refractivity (Wildman–Crippen MR) is 70.2 cm³/mol. The third-order valence-corrected chi connectivity index (χ3v) is 2.98. The second-order valence-electron chi connectivity index (χ2n) is 4.16. The Balaban J connectivity index is 2.24. The van der Waals surface area contributed by atoms with Crippen LogP contribution in [0.15, 0.2) is 48.7 Å². The van der Waals surface area contributed by atoms with Gasteiger partial charge in [-0.25, -0.2) is 4.68 Å². The van der Waals surface area contributed by atoms with Crippen molar-refractivity contribution >= 4 is 16.6 Å². The van der Waals surface area contributed by atoms with Crippen LogP contribution in [0.3, 0.4) is 0 Å². The van der Waals surface area contributed by atoms with Gasteiger partial charge in [-0.05, 0) is 30.7 Å². The Morgan fingerprint density at radius 2 is 1.94 bits per heavy atom. The first-order chi connectivity index (χ1) is 8.25. The maximum Gasteiger partial charge on any atom is 0.0741 e. The van der Waals surface area contributed by atoms with E-state index in [4.69, 9.17) is 5.73 Å². The average molecular weight is 223 g/mol. The largest absolute Gasteiger partial charge is 0.398 e. The molecule has 17 heavy (non-hydrogen) atoms. The number of hydrogen-bond donors (Lipinski definition) is 1. The topological polar surface area (TPSA) is 43.8 Å². The van der Waals surface area contributed by atoms with Gasteiger partial charge >= 0.3 is 0 Å². The molecule has 0 amide bonds. The summed E-state index contributed by atoms with van der Waals surface area (Å²) in [4.78, 5) is 0. The summed E-state index contributed by atoms with van der Waals surface area (Å²) in [5.74, 6) is 0. The molecule has 1 heterocycles. The first kappa shape index (κ1) is 9.90. The molecule has 2 aromatic carbocycles. The molecule has 0 bridgehead atoms. The van der Waals surface area contributed by atoms with Crippen molar-refractivity contribution in [3.63, 3.8) is 0 Å². The average Bonchev–Trinajstić information content (AvgIpc) is 2.76. The lowest BCUT2D eigenvalue weighted by Gasteiger charge is -2.06. The summed E-state index contributed by atoms with van der Waals surface area (Å²) >= 11 is 0. The number of aromatic nitrogens is 2. The molecule has 3 heteroatoms. The minimum atomic E-state index is 0.794. The summed E-state index contributed by atoms with van der Waals surface area (Å²) in [5.41, 5.74) is 9.90. The summed E-state index contributed by atoms with van der Waals surface area (Å²) in [5, 5.41) is 5.53. The van der Waals surface area contributed by atoms with E-state index in [0.29, 0.717) is 0 Å². The Bertz CT molecular complexity index is 683. The summed E-state index contributed by atoms with van der Waals surface area (Å²) in [7, 11) is 0. The van der Waals surface area contributed by atoms with Crippen LogP contribution in [0.2, 0.25) is 0 Å². The Hall–Kier alpha value is -2.29. The smallest absolute Gasteiger partial charge is 0.0741 e. The second kappa shape index (κ2) is 3.63. The number of nitrogens with zero attached hydrogens (tertiary/aromatic N) is 2. The van der Waals surface area contributed by atoms with Gasteiger partial charge in [0, 0.05) is 11.1 Å². The van der Waals surface area contributed by atoms with Crippen molar-refractivity contribution in [2.45, 2.75) is 6.92 Å². The molecule has 0 fully saturated rings. The van der Waals surface area contributed by atoms with Gasteiger partial charge in [-0.15, -0.1) is 0 Å². The van der Waals surface area contributed by atoms with E-state index < -0.39 is 0 Å². The molecular formula is C14H13N3. The predicted octanol–water partition coefficient (Wildman–Crippen LogP) is 2.92. The lowest BCUT2D eigenvalue weighted by molar-refractivity contribution is 0.910. The fourth-order valence-electron chi connectivity index (χ4n) is 1.94. The highest BCUT2D eigenvalue weighted by Crippen LogP contribution is 2.21. The minimum absolute atomic E-state index is 0.794. The number of nitrogen functional groups attached to an aromatic ring is 1. The van der Waals surface area contributed by atoms with E-state index in [1.165, 1.54) is 0 Å². The van der Waals surface area contributed by atoms with Gasteiger partial charge in [0.25, 0.3) is 0 Å². The van der Waals surface area contributed by atoms with E-state index >= 15 is 0 Å². The zero-order chi connectivity index (χ0) is 11.8. The fourth-order valence-corrected chi connectivity index (χ4v) is 1.94. The molecular weight excluding hydrogens is 210 g/mol. The highest BCUT2D eigenvalue weighted by molar-refractivity contribution is 5.80. The number of aryl methyl sites for hydroxylation is 1. The number of anilines is 1. The van der Waals surface area contributed by atoms with Gasteiger partial charge in [-0.2, -0.15) is 5.10 Å². The van der Waals surface area contributed by atoms with E-state index in [2.05, 4.69) is 17.2 Å². The molecule has 0 radical (unpaired) electrons. The van der Waals surface area contributed by atoms with Crippen molar-refractivity contribution < 1.29 is 0 Å². The number of para-hydroxylation sites is 1. The van der Waals surface area contributed by atoms with Crippen molar-refractivity contribution in [2.24, 2.45) is 0 Å². The number of hydrogen-bond acceptors (Lipinski definition) is 2. The van der Waals surface area contributed by atoms with Crippen LogP contribution in [0.25, 0.3) is 16.6 Å². The molecule has 0 aliphatic rings. The normalized spacial score (nSPS) is 10.9. The number of fused-ring (bicyclic) bond motifs is 1. The van der Waals surface area contributed by atoms with Crippen LogP contribution < -0.4 is 5.73 Å². The van der Waals surface area contributed by atoms with Crippen LogP contribution in [0.1, 0.15) is 5.56 Å². The van der Waals surface area contributed by atoms with Gasteiger partial charge < -0.3 is 5.73 Å². The van der Waals surface area contributed by atoms with Gasteiger partial charge in [-0.1, -0.05) is 24.3 Å². The van der Waals surface area contributed by atoms with Gasteiger partial charge in [0.15, 0.2) is 0 Å². The maximum absolute atomic E-state index is 5.93. The molecule has 0 aliphatic carbocycles. The monoisotopic (exact) mass is 223 g/mol. The van der Waals surface area contributed by atoms with Crippen LogP contribution in [0.4, 0.5) is 5.69 Å². The minimum Gasteiger partial charge on any atom is -0.398 e. The second-order valence-corrected chi connectivity index (χ2v) is 4.16. The standard InChI is InChI=1S/C14H13N3/c1-10-6-7-12(8-13(10)15)17-14-5-3-2-4-11(14)9-16-17/h2-9H,15H2,1H3. The molecule has 0 unspecified atom stereocenters. The van der Waals surface area contributed by atoms with E-state index in [1.807, 2.05) is 48.1 Å². The molecule has 3 rings (SSSR count). The van der Waals surface area contributed by atoms with Gasteiger partial charge in [0.2, 0.25) is 0 Å². The molecule has 0 saturated heterocycles. The summed E-state index contributed by atoms with van der Waals surface area (Å²) < 4.78 is 1.91. The van der Waals surface area contributed by atoms with Crippen LogP contribution in [0.5, 0.6) is 0 Å². The number of benzene rings is 2. The quantitative estimate of drug-likeness (QED) is 0.644. The van der Waals surface area contributed by atoms with E-state index in [0.717, 1.165) is 27.8 Å². The summed E-state index contributed by atoms with van der Waals surface area (Å²) in [6, 6.07) is 14.1. The molecule has 84 valence electrons. The first-order valence-electron chi connectivity index (χ1n) is 5.55. The van der Waals surface area contributed by atoms with Crippen molar-refractivity contribution in [2.75, 3.05) is 5.73 Å². The fraction of sp³-hybridized carbons (Fsp3) is 0.0714. The van der Waals surface area contributed by atoms with Crippen molar-refractivity contribution in [3.05, 3.63) is 54.2 Å². The van der Waals surface area contributed by atoms with Crippen LogP contribution >= 0.6 is 0 Å². The molecule has 0 spiro atoms. The molecule has 0 atom stereocenters. The van der Waals surface area contributed by atoms with Crippen molar-refractivity contribution in [3.8, 4) is 5.69 Å². The maximum atomic E-state index is 5.93. The van der Waals surface area contributed by atoms with Crippen molar-refractivity contribution in [1.29, 1.82) is 0 Å². The Kier molecular flexibility index (Phi) is 2.11. The lowest BCUT2D eigenvalue weighted by Crippen LogP contribution is -1.98. The molecule has 2 N–H and O–H groups in total. The molecule has 3 aromatic rings. The lowest BCUT2D eigenvalue weighted by atomic mass is 10.2. The number of nitrogens with two attached hydrogens (primary N) is 1. The zero-order valence-electron chi connectivity index (χ0n) is 9.59. The molecule has 1 aromatic heterocycles. The zero-order valence-corrected chi connectivity index (χ0v) is 9.59. The third kappa shape index (κ3) is 1.56. The Morgan fingerprint density at radius 3 is 2.76 bits per heavy atom. The molecule has 3 nitrogen and oxygen atoms in total. The highest BCUT2D eigenvalue weighted by atomic mass is 15.3. The van der Waals surface area contributed by atoms with Crippen LogP contribution in [-0.4, -0.2) is 9.78 Å². The van der Waals surface area contributed by atoms with E-state index in [-0.39, 0.29) is 0 Å². The van der Waals surface area contributed by atoms with Crippen LogP contribution in [0, 0.1) is 6.92 Å². The first-order valence-corrected chi connectivity index (χ1v) is 5.55. The number of rotatable bonds is 1. The molecule has 0 saturated carbocycles. The SMILES string of the molecule is Cc1ccc(-n2ncc3ccccc32)cc1N.